The summed E-state index contributed by atoms with van der Waals surface area (Å²) in [6.07, 6.45) is 0. The second kappa shape index (κ2) is 4.63. The van der Waals surface area contributed by atoms with Gasteiger partial charge in [0.15, 0.2) is 5.78 Å². The SMILES string of the molecule is CC(C)(C)C(N)C(=O)c1cc(Br)ccc1F. The molecule has 0 spiro atoms. The minimum atomic E-state index is -0.712. The van der Waals surface area contributed by atoms with Crippen LogP contribution < -0.4 is 5.73 Å². The molecule has 0 amide bonds. The molecule has 0 radical (unpaired) electrons. The van der Waals surface area contributed by atoms with Crippen LogP contribution in [0, 0.1) is 11.2 Å². The molecule has 0 saturated carbocycles. The highest BCUT2D eigenvalue weighted by atomic mass is 79.9. The van der Waals surface area contributed by atoms with Gasteiger partial charge in [0.1, 0.15) is 5.82 Å². The number of hydrogen-bond donors (Lipinski definition) is 1. The fourth-order valence-corrected chi connectivity index (χ4v) is 1.61. The second-order valence-electron chi connectivity index (χ2n) is 4.83. The van der Waals surface area contributed by atoms with E-state index in [1.807, 2.05) is 20.8 Å². The molecule has 0 aliphatic carbocycles. The number of Topliss-reactive ketones (excluding diaryl/α,β-unsaturated/α-hetero) is 1. The van der Waals surface area contributed by atoms with Gasteiger partial charge in [0.2, 0.25) is 0 Å². The Balaban J connectivity index is 3.10. The van der Waals surface area contributed by atoms with Crippen molar-refractivity contribution in [2.24, 2.45) is 11.1 Å². The van der Waals surface area contributed by atoms with Gasteiger partial charge in [-0.3, -0.25) is 4.79 Å². The van der Waals surface area contributed by atoms with Crippen molar-refractivity contribution in [3.63, 3.8) is 0 Å². The summed E-state index contributed by atoms with van der Waals surface area (Å²) in [4.78, 5) is 12.0. The van der Waals surface area contributed by atoms with Crippen LogP contribution in [0.15, 0.2) is 22.7 Å². The zero-order valence-corrected chi connectivity index (χ0v) is 11.1. The van der Waals surface area contributed by atoms with Crippen molar-refractivity contribution in [2.45, 2.75) is 26.8 Å². The lowest BCUT2D eigenvalue weighted by molar-refractivity contribution is 0.0897. The first-order valence-corrected chi connectivity index (χ1v) is 5.77. The van der Waals surface area contributed by atoms with Crippen molar-refractivity contribution in [1.29, 1.82) is 0 Å². The highest BCUT2D eigenvalue weighted by molar-refractivity contribution is 9.10. The van der Waals surface area contributed by atoms with Crippen molar-refractivity contribution in [2.75, 3.05) is 0 Å². The Labute approximate surface area is 103 Å². The van der Waals surface area contributed by atoms with E-state index < -0.39 is 11.9 Å². The van der Waals surface area contributed by atoms with Crippen molar-refractivity contribution in [1.82, 2.24) is 0 Å². The average molecular weight is 288 g/mol. The lowest BCUT2D eigenvalue weighted by Crippen LogP contribution is -2.42. The van der Waals surface area contributed by atoms with E-state index in [1.165, 1.54) is 12.1 Å². The summed E-state index contributed by atoms with van der Waals surface area (Å²) < 4.78 is 14.1. The third-order valence-electron chi connectivity index (χ3n) is 2.41. The van der Waals surface area contributed by atoms with Crippen LogP contribution in [0.5, 0.6) is 0 Å². The van der Waals surface area contributed by atoms with Gasteiger partial charge in [-0.1, -0.05) is 36.7 Å². The Morgan fingerprint density at radius 2 is 2.00 bits per heavy atom. The van der Waals surface area contributed by atoms with Crippen LogP contribution in [0.25, 0.3) is 0 Å². The molecular weight excluding hydrogens is 273 g/mol. The number of ketones is 1. The third-order valence-corrected chi connectivity index (χ3v) is 2.90. The maximum Gasteiger partial charge on any atom is 0.183 e. The predicted molar refractivity (Wildman–Crippen MR) is 65.9 cm³/mol. The molecule has 1 atom stereocenters. The Morgan fingerprint density at radius 3 is 2.50 bits per heavy atom. The molecule has 88 valence electrons. The van der Waals surface area contributed by atoms with E-state index >= 15 is 0 Å². The van der Waals surface area contributed by atoms with E-state index in [0.717, 1.165) is 0 Å². The molecule has 1 unspecified atom stereocenters. The average Bonchev–Trinajstić information content (AvgIpc) is 2.18. The van der Waals surface area contributed by atoms with Crippen LogP contribution >= 0.6 is 15.9 Å². The summed E-state index contributed by atoms with van der Waals surface area (Å²) in [5.41, 5.74) is 5.47. The highest BCUT2D eigenvalue weighted by Crippen LogP contribution is 2.23. The Kier molecular flexibility index (Phi) is 3.86. The normalized spacial score (nSPS) is 13.6. The van der Waals surface area contributed by atoms with Crippen LogP contribution in [0.2, 0.25) is 0 Å². The largest absolute Gasteiger partial charge is 0.321 e. The molecule has 1 rings (SSSR count). The topological polar surface area (TPSA) is 43.1 Å². The van der Waals surface area contributed by atoms with Gasteiger partial charge in [-0.2, -0.15) is 0 Å². The van der Waals surface area contributed by atoms with Gasteiger partial charge in [0.05, 0.1) is 11.6 Å². The first kappa shape index (κ1) is 13.3. The Bertz CT molecular complexity index is 412. The molecule has 0 saturated heterocycles. The number of benzene rings is 1. The summed E-state index contributed by atoms with van der Waals surface area (Å²) in [5.74, 6) is -0.904. The zero-order valence-electron chi connectivity index (χ0n) is 9.55. The van der Waals surface area contributed by atoms with E-state index in [0.29, 0.717) is 4.47 Å². The molecule has 0 bridgehead atoms. The standard InChI is InChI=1S/C12H15BrFNO/c1-12(2,3)11(15)10(16)8-6-7(13)4-5-9(8)14/h4-6,11H,15H2,1-3H3. The minimum absolute atomic E-state index is 0.0387. The molecule has 0 aliphatic heterocycles. The first-order chi connectivity index (χ1) is 7.23. The monoisotopic (exact) mass is 287 g/mol. The molecule has 0 aliphatic rings. The van der Waals surface area contributed by atoms with Gasteiger partial charge in [-0.05, 0) is 23.6 Å². The minimum Gasteiger partial charge on any atom is -0.321 e. The highest BCUT2D eigenvalue weighted by Gasteiger charge is 2.29. The number of carbonyl (C=O) groups is 1. The summed E-state index contributed by atoms with van der Waals surface area (Å²) in [6.45, 7) is 5.56. The summed E-state index contributed by atoms with van der Waals surface area (Å²) in [7, 11) is 0. The fourth-order valence-electron chi connectivity index (χ4n) is 1.25. The van der Waals surface area contributed by atoms with Crippen LogP contribution in [-0.4, -0.2) is 11.8 Å². The number of rotatable bonds is 2. The summed E-state index contributed by atoms with van der Waals surface area (Å²) >= 11 is 3.20. The van der Waals surface area contributed by atoms with Gasteiger partial charge in [-0.15, -0.1) is 0 Å². The molecule has 1 aromatic carbocycles. The number of hydrogen-bond acceptors (Lipinski definition) is 2. The van der Waals surface area contributed by atoms with Crippen LogP contribution in [0.1, 0.15) is 31.1 Å². The van der Waals surface area contributed by atoms with Gasteiger partial charge >= 0.3 is 0 Å². The molecule has 0 fully saturated rings. The van der Waals surface area contributed by atoms with Crippen LogP contribution in [0.4, 0.5) is 4.39 Å². The van der Waals surface area contributed by atoms with E-state index in [1.54, 1.807) is 6.07 Å². The summed E-state index contributed by atoms with van der Waals surface area (Å²) in [5, 5.41) is 0. The zero-order chi connectivity index (χ0) is 12.5. The third kappa shape index (κ3) is 2.89. The second-order valence-corrected chi connectivity index (χ2v) is 5.75. The number of halogens is 2. The molecule has 16 heavy (non-hydrogen) atoms. The maximum absolute atomic E-state index is 13.5. The molecule has 2 N–H and O–H groups in total. The first-order valence-electron chi connectivity index (χ1n) is 4.98. The summed E-state index contributed by atoms with van der Waals surface area (Å²) in [6, 6.07) is 3.56. The lowest BCUT2D eigenvalue weighted by atomic mass is 9.83. The number of carbonyl (C=O) groups excluding carboxylic acids is 1. The quantitative estimate of drug-likeness (QED) is 0.849. The van der Waals surface area contributed by atoms with Crippen LogP contribution in [0.3, 0.4) is 0 Å². The number of nitrogens with two attached hydrogens (primary N) is 1. The lowest BCUT2D eigenvalue weighted by Gasteiger charge is -2.25. The van der Waals surface area contributed by atoms with E-state index in [2.05, 4.69) is 15.9 Å². The van der Waals surface area contributed by atoms with Crippen molar-refractivity contribution in [3.05, 3.63) is 34.1 Å². The molecule has 0 heterocycles. The van der Waals surface area contributed by atoms with Gasteiger partial charge in [0, 0.05) is 4.47 Å². The van der Waals surface area contributed by atoms with Crippen LogP contribution in [-0.2, 0) is 0 Å². The van der Waals surface area contributed by atoms with Crippen molar-refractivity contribution in [3.8, 4) is 0 Å². The molecule has 1 aromatic rings. The Morgan fingerprint density at radius 1 is 1.44 bits per heavy atom. The van der Waals surface area contributed by atoms with E-state index in [-0.39, 0.29) is 16.8 Å². The Hall–Kier alpha value is -0.740. The van der Waals surface area contributed by atoms with Crippen molar-refractivity contribution < 1.29 is 9.18 Å². The smallest absolute Gasteiger partial charge is 0.183 e. The molecule has 2 nitrogen and oxygen atoms in total. The van der Waals surface area contributed by atoms with E-state index in [9.17, 15) is 9.18 Å². The van der Waals surface area contributed by atoms with Gasteiger partial charge in [-0.25, -0.2) is 4.39 Å². The molecule has 0 aromatic heterocycles. The maximum atomic E-state index is 13.5. The van der Waals surface area contributed by atoms with Crippen molar-refractivity contribution >= 4 is 21.7 Å². The fraction of sp³-hybridized carbons (Fsp3) is 0.417. The molecule has 4 heteroatoms. The molecular formula is C12H15BrFNO. The van der Waals surface area contributed by atoms with Gasteiger partial charge in [0.25, 0.3) is 0 Å². The predicted octanol–water partition coefficient (Wildman–Crippen LogP) is 3.14. The van der Waals surface area contributed by atoms with E-state index in [4.69, 9.17) is 5.73 Å². The van der Waals surface area contributed by atoms with Gasteiger partial charge < -0.3 is 5.73 Å².